The number of amides is 2. The molecule has 1 saturated heterocycles. The Morgan fingerprint density at radius 3 is 2.65 bits per heavy atom. The molecule has 1 atom stereocenters. The molecule has 2 amide bonds. The van der Waals surface area contributed by atoms with Crippen molar-refractivity contribution in [2.24, 2.45) is 15.9 Å². The second-order valence-corrected chi connectivity index (χ2v) is 7.75. The van der Waals surface area contributed by atoms with Crippen molar-refractivity contribution < 1.29 is 29.0 Å². The van der Waals surface area contributed by atoms with Crippen molar-refractivity contribution in [2.45, 2.75) is 11.7 Å². The maximum absolute atomic E-state index is 12.7. The summed E-state index contributed by atoms with van der Waals surface area (Å²) in [6.07, 6.45) is 1.43. The molecule has 10 nitrogen and oxygen atoms in total. The van der Waals surface area contributed by atoms with E-state index in [1.165, 1.54) is 30.5 Å². The van der Waals surface area contributed by atoms with Gasteiger partial charge in [-0.15, -0.1) is 5.10 Å². The Labute approximate surface area is 180 Å². The number of amidine groups is 1. The van der Waals surface area contributed by atoms with Gasteiger partial charge in [0.1, 0.15) is 5.25 Å². The van der Waals surface area contributed by atoms with Crippen LogP contribution >= 0.6 is 11.8 Å². The quantitative estimate of drug-likeness (QED) is 0.310. The number of benzene rings is 2. The minimum Gasteiger partial charge on any atom is -0.478 e. The number of aromatic carboxylic acids is 1. The van der Waals surface area contributed by atoms with Gasteiger partial charge in [0, 0.05) is 6.42 Å². The number of hydrogen-bond acceptors (Lipinski definition) is 8. The first kappa shape index (κ1) is 20.4. The van der Waals surface area contributed by atoms with Crippen LogP contribution in [-0.2, 0) is 9.59 Å². The predicted molar refractivity (Wildman–Crippen MR) is 114 cm³/mol. The summed E-state index contributed by atoms with van der Waals surface area (Å²) in [5, 5.41) is 16.0. The van der Waals surface area contributed by atoms with Crippen LogP contribution in [0.25, 0.3) is 0 Å². The van der Waals surface area contributed by atoms with E-state index in [9.17, 15) is 14.4 Å². The largest absolute Gasteiger partial charge is 0.478 e. The number of nitrogens with two attached hydrogens (primary N) is 1. The molecule has 2 heterocycles. The molecule has 0 spiro atoms. The van der Waals surface area contributed by atoms with Gasteiger partial charge in [-0.05, 0) is 48.0 Å². The lowest BCUT2D eigenvalue weighted by Gasteiger charge is -2.14. The summed E-state index contributed by atoms with van der Waals surface area (Å²) in [6, 6.07) is 10.8. The number of carbonyl (C=O) groups excluding carboxylic acids is 2. The zero-order valence-electron chi connectivity index (χ0n) is 15.9. The molecule has 11 heteroatoms. The molecule has 2 aromatic carbocycles. The van der Waals surface area contributed by atoms with E-state index in [0.29, 0.717) is 17.2 Å². The molecule has 2 aliphatic heterocycles. The number of thioether (sulfide) groups is 1. The smallest absolute Gasteiger partial charge is 0.335 e. The van der Waals surface area contributed by atoms with Crippen molar-refractivity contribution in [3.8, 4) is 11.5 Å². The van der Waals surface area contributed by atoms with E-state index in [1.807, 2.05) is 0 Å². The summed E-state index contributed by atoms with van der Waals surface area (Å²) >= 11 is 0.944. The molecule has 3 N–H and O–H groups in total. The van der Waals surface area contributed by atoms with Crippen molar-refractivity contribution in [1.29, 1.82) is 0 Å². The summed E-state index contributed by atoms with van der Waals surface area (Å²) in [7, 11) is 0. The fourth-order valence-electron chi connectivity index (χ4n) is 3.04. The lowest BCUT2D eigenvalue weighted by Crippen LogP contribution is -2.31. The van der Waals surface area contributed by atoms with Crippen LogP contribution in [0, 0.1) is 0 Å². The normalized spacial score (nSPS) is 18.3. The highest BCUT2D eigenvalue weighted by molar-refractivity contribution is 8.14. The first-order valence-corrected chi connectivity index (χ1v) is 9.93. The van der Waals surface area contributed by atoms with Gasteiger partial charge in [0.25, 0.3) is 0 Å². The van der Waals surface area contributed by atoms with E-state index in [4.69, 9.17) is 20.3 Å². The average molecular weight is 440 g/mol. The van der Waals surface area contributed by atoms with Crippen molar-refractivity contribution in [1.82, 2.24) is 0 Å². The number of rotatable bonds is 5. The van der Waals surface area contributed by atoms with Gasteiger partial charge in [0.2, 0.25) is 18.6 Å². The van der Waals surface area contributed by atoms with Crippen LogP contribution in [0.5, 0.6) is 11.5 Å². The second kappa shape index (κ2) is 8.48. The van der Waals surface area contributed by atoms with Crippen LogP contribution in [0.1, 0.15) is 22.3 Å². The molecule has 0 aromatic heterocycles. The van der Waals surface area contributed by atoms with E-state index >= 15 is 0 Å². The number of ether oxygens (including phenoxy) is 2. The number of fused-ring (bicyclic) bond motifs is 1. The highest BCUT2D eigenvalue weighted by Crippen LogP contribution is 2.32. The lowest BCUT2D eigenvalue weighted by molar-refractivity contribution is -0.121. The Hall–Kier alpha value is -3.86. The summed E-state index contributed by atoms with van der Waals surface area (Å²) in [4.78, 5) is 37.0. The zero-order chi connectivity index (χ0) is 22.0. The first-order chi connectivity index (χ1) is 14.9. The van der Waals surface area contributed by atoms with Crippen LogP contribution in [0.2, 0.25) is 0 Å². The van der Waals surface area contributed by atoms with Crippen molar-refractivity contribution >= 4 is 46.6 Å². The molecule has 0 bridgehead atoms. The summed E-state index contributed by atoms with van der Waals surface area (Å²) in [5.41, 5.74) is 6.96. The van der Waals surface area contributed by atoms with Gasteiger partial charge in [-0.2, -0.15) is 5.10 Å². The number of anilines is 1. The molecule has 0 saturated carbocycles. The molecule has 2 aliphatic rings. The highest BCUT2D eigenvalue weighted by atomic mass is 32.2. The third-order valence-electron chi connectivity index (χ3n) is 4.50. The van der Waals surface area contributed by atoms with Gasteiger partial charge < -0.3 is 20.3 Å². The van der Waals surface area contributed by atoms with Gasteiger partial charge in [0.05, 0.1) is 17.5 Å². The van der Waals surface area contributed by atoms with Gasteiger partial charge in [0.15, 0.2) is 16.7 Å². The van der Waals surface area contributed by atoms with Crippen molar-refractivity contribution in [3.63, 3.8) is 0 Å². The molecule has 0 aliphatic carbocycles. The molecular formula is C20H16N4O6S. The fourth-order valence-corrected chi connectivity index (χ4v) is 3.85. The Morgan fingerprint density at radius 1 is 1.16 bits per heavy atom. The molecule has 1 fully saturated rings. The Balaban J connectivity index is 1.40. The number of carboxylic acid groups (broad SMARTS) is 1. The van der Waals surface area contributed by atoms with E-state index in [-0.39, 0.29) is 23.9 Å². The monoisotopic (exact) mass is 440 g/mol. The summed E-state index contributed by atoms with van der Waals surface area (Å²) < 4.78 is 10.5. The summed E-state index contributed by atoms with van der Waals surface area (Å²) in [5.74, 6) is -0.674. The third kappa shape index (κ3) is 4.36. The first-order valence-electron chi connectivity index (χ1n) is 9.05. The van der Waals surface area contributed by atoms with Crippen LogP contribution in [0.3, 0.4) is 0 Å². The van der Waals surface area contributed by atoms with E-state index < -0.39 is 23.0 Å². The van der Waals surface area contributed by atoms with Gasteiger partial charge in [-0.3, -0.25) is 9.59 Å². The number of hydrogen-bond donors (Lipinski definition) is 2. The number of carboxylic acids is 1. The Bertz CT molecular complexity index is 1120. The SMILES string of the molecule is N/C(=N/N=C\c1ccc2c(c1)OCO2)S[C@H]1CC(=O)N(c2ccc(C(=O)O)cc2)C1=O. The number of carbonyl (C=O) groups is 3. The predicted octanol–water partition coefficient (Wildman–Crippen LogP) is 1.83. The second-order valence-electron chi connectivity index (χ2n) is 6.53. The zero-order valence-corrected chi connectivity index (χ0v) is 16.7. The van der Waals surface area contributed by atoms with Gasteiger partial charge >= 0.3 is 5.97 Å². The Kier molecular flexibility index (Phi) is 5.58. The van der Waals surface area contributed by atoms with Crippen LogP contribution in [-0.4, -0.2) is 46.3 Å². The molecule has 4 rings (SSSR count). The third-order valence-corrected chi connectivity index (χ3v) is 5.48. The molecule has 0 unspecified atom stereocenters. The molecule has 158 valence electrons. The van der Waals surface area contributed by atoms with E-state index in [1.54, 1.807) is 18.2 Å². The maximum Gasteiger partial charge on any atom is 0.335 e. The molecular weight excluding hydrogens is 424 g/mol. The van der Waals surface area contributed by atoms with Crippen molar-refractivity contribution in [3.05, 3.63) is 53.6 Å². The molecule has 2 aromatic rings. The fraction of sp³-hybridized carbons (Fsp3) is 0.150. The lowest BCUT2D eigenvalue weighted by atomic mass is 10.2. The van der Waals surface area contributed by atoms with Crippen LogP contribution in [0.15, 0.2) is 52.7 Å². The van der Waals surface area contributed by atoms with Gasteiger partial charge in [-0.1, -0.05) is 11.8 Å². The topological polar surface area (TPSA) is 144 Å². The van der Waals surface area contributed by atoms with Crippen LogP contribution < -0.4 is 20.1 Å². The molecule has 0 radical (unpaired) electrons. The minimum atomic E-state index is -1.09. The van der Waals surface area contributed by atoms with Gasteiger partial charge in [-0.25, -0.2) is 9.69 Å². The van der Waals surface area contributed by atoms with E-state index in [0.717, 1.165) is 22.2 Å². The number of imide groups is 1. The van der Waals surface area contributed by atoms with Crippen LogP contribution in [0.4, 0.5) is 5.69 Å². The molecule has 31 heavy (non-hydrogen) atoms. The average Bonchev–Trinajstić information content (AvgIpc) is 3.31. The van der Waals surface area contributed by atoms with E-state index in [2.05, 4.69) is 10.2 Å². The Morgan fingerprint density at radius 2 is 1.90 bits per heavy atom. The maximum atomic E-state index is 12.7. The number of nitrogens with zero attached hydrogens (tertiary/aromatic N) is 3. The highest BCUT2D eigenvalue weighted by Gasteiger charge is 2.40. The van der Waals surface area contributed by atoms with Crippen molar-refractivity contribution in [2.75, 3.05) is 11.7 Å². The summed E-state index contributed by atoms with van der Waals surface area (Å²) in [6.45, 7) is 0.173. The standard InChI is InChI=1S/C20H16N4O6S/c21-20(23-22-9-11-1-6-14-15(7-11)30-10-29-14)31-16-8-17(25)24(18(16)26)13-4-2-12(3-5-13)19(27)28/h1-7,9,16H,8,10H2,(H2,21,23)(H,27,28)/b22-9-/t16-/m0/s1. The minimum absolute atomic E-state index is 0.0335.